The number of alkyl halides is 3. The fourth-order valence-electron chi connectivity index (χ4n) is 7.76. The van der Waals surface area contributed by atoms with Gasteiger partial charge in [0.15, 0.2) is 0 Å². The molecular formula is C47H49F3N8O7. The van der Waals surface area contributed by atoms with E-state index in [1.54, 1.807) is 6.33 Å². The average molecular weight is 895 g/mol. The van der Waals surface area contributed by atoms with Gasteiger partial charge in [-0.2, -0.15) is 23.3 Å². The third-order valence-corrected chi connectivity index (χ3v) is 11.5. The lowest BCUT2D eigenvalue weighted by atomic mass is 9.86. The maximum atomic E-state index is 12.7. The van der Waals surface area contributed by atoms with E-state index >= 15 is 0 Å². The smallest absolute Gasteiger partial charge is 0.490 e. The Morgan fingerprint density at radius 3 is 2.23 bits per heavy atom. The number of likely N-dealkylation sites (tertiary alicyclic amines) is 1. The number of amides is 3. The first kappa shape index (κ1) is 46.1. The fourth-order valence-corrected chi connectivity index (χ4v) is 7.76. The molecule has 1 atom stereocenters. The van der Waals surface area contributed by atoms with Gasteiger partial charge in [0.05, 0.1) is 17.1 Å². The van der Waals surface area contributed by atoms with Crippen LogP contribution < -0.4 is 15.4 Å². The summed E-state index contributed by atoms with van der Waals surface area (Å²) >= 11 is 0. The molecule has 3 amide bonds. The molecule has 2 aliphatic heterocycles. The minimum Gasteiger partial charge on any atom is -0.492 e. The standard InChI is InChI=1S/C45H48N8O5.C2HF3O2/c1-28-23-33(9-10-34(28)25-46-43(56)41-50-44(58-51-41)45(2,3)4)40-38-24-35(26-53(38)48-27-47-40)30-11-13-36(14-12-30)57-22-21-52-19-17-31(18-20-52)29-5-7-32(8-6-29)37-15-16-39(54)49-42(37)55;3-2(4,5)1(6)7/h5-14,23-24,26-27,31,37H,15-22,25H2,1-4H3,(H,46,56)(H,49,54,55);(H,6,7). The van der Waals surface area contributed by atoms with Crippen LogP contribution in [0.5, 0.6) is 5.75 Å². The molecule has 3 N–H and O–H groups in total. The monoisotopic (exact) mass is 894 g/mol. The maximum Gasteiger partial charge on any atom is 0.490 e. The summed E-state index contributed by atoms with van der Waals surface area (Å²) in [6.45, 7) is 11.7. The van der Waals surface area contributed by atoms with Crippen molar-refractivity contribution >= 4 is 29.2 Å². The lowest BCUT2D eigenvalue weighted by Gasteiger charge is -2.32. The van der Waals surface area contributed by atoms with Crippen LogP contribution in [0.3, 0.4) is 0 Å². The number of aliphatic carboxylic acids is 1. The molecule has 15 nitrogen and oxygen atoms in total. The Hall–Kier alpha value is -6.95. The molecule has 8 rings (SSSR count). The molecule has 2 saturated heterocycles. The SMILES string of the molecule is Cc1cc(-c2ncnn3cc(-c4ccc(OCCN5CCC(c6ccc(C7CCC(=O)NC7=O)cc6)CC5)cc4)cc23)ccc1CNC(=O)c1noc(C(C)(C)C)n1.O=C(O)C(F)(F)F. The molecule has 5 heterocycles. The van der Waals surface area contributed by atoms with Crippen molar-refractivity contribution in [3.8, 4) is 28.1 Å². The number of carbonyl (C=O) groups excluding carboxylic acids is 3. The molecule has 65 heavy (non-hydrogen) atoms. The van der Waals surface area contributed by atoms with E-state index in [1.165, 1.54) is 5.56 Å². The second kappa shape index (κ2) is 19.4. The van der Waals surface area contributed by atoms with E-state index < -0.39 is 12.1 Å². The Bertz CT molecular complexity index is 2670. The highest BCUT2D eigenvalue weighted by Crippen LogP contribution is 2.33. The van der Waals surface area contributed by atoms with Crippen LogP contribution >= 0.6 is 0 Å². The molecule has 340 valence electrons. The zero-order valence-electron chi connectivity index (χ0n) is 36.3. The van der Waals surface area contributed by atoms with Crippen molar-refractivity contribution < 1.29 is 46.7 Å². The number of nitrogens with one attached hydrogen (secondary N) is 2. The lowest BCUT2D eigenvalue weighted by molar-refractivity contribution is -0.192. The Morgan fingerprint density at radius 1 is 0.923 bits per heavy atom. The molecular weight excluding hydrogens is 846 g/mol. The molecule has 3 aromatic carbocycles. The predicted molar refractivity (Wildman–Crippen MR) is 232 cm³/mol. The largest absolute Gasteiger partial charge is 0.492 e. The molecule has 0 aliphatic carbocycles. The molecule has 2 aliphatic rings. The highest BCUT2D eigenvalue weighted by molar-refractivity contribution is 6.01. The first-order chi connectivity index (χ1) is 30.9. The van der Waals surface area contributed by atoms with Crippen LogP contribution in [-0.2, 0) is 26.3 Å². The number of carboxylic acids is 1. The van der Waals surface area contributed by atoms with E-state index in [2.05, 4.69) is 84.3 Å². The molecule has 0 saturated carbocycles. The first-order valence-electron chi connectivity index (χ1n) is 21.2. The number of hydrogen-bond donors (Lipinski definition) is 3. The van der Waals surface area contributed by atoms with Crippen LogP contribution in [0.4, 0.5) is 13.2 Å². The normalized spacial score (nSPS) is 16.1. The van der Waals surface area contributed by atoms with Crippen LogP contribution in [0.25, 0.3) is 27.9 Å². The molecule has 1 unspecified atom stereocenters. The number of halogens is 3. The second-order valence-corrected chi connectivity index (χ2v) is 17.1. The Kier molecular flexibility index (Phi) is 13.8. The predicted octanol–water partition coefficient (Wildman–Crippen LogP) is 7.39. The topological polar surface area (TPSA) is 194 Å². The summed E-state index contributed by atoms with van der Waals surface area (Å²) in [4.78, 5) is 56.8. The number of imide groups is 1. The Balaban J connectivity index is 0.000000833. The molecule has 6 aromatic rings. The molecule has 0 bridgehead atoms. The van der Waals surface area contributed by atoms with E-state index in [9.17, 15) is 27.6 Å². The van der Waals surface area contributed by atoms with E-state index in [0.717, 1.165) is 82.8 Å². The van der Waals surface area contributed by atoms with Crippen molar-refractivity contribution in [3.63, 3.8) is 0 Å². The van der Waals surface area contributed by atoms with Crippen LogP contribution in [0.15, 0.2) is 89.8 Å². The second-order valence-electron chi connectivity index (χ2n) is 17.1. The number of piperidine rings is 2. The Morgan fingerprint density at radius 2 is 1.60 bits per heavy atom. The number of nitrogens with zero attached hydrogens (tertiary/aromatic N) is 6. The van der Waals surface area contributed by atoms with Crippen molar-refractivity contribution in [1.82, 2.24) is 40.3 Å². The minimum atomic E-state index is -5.08. The van der Waals surface area contributed by atoms with Gasteiger partial charge in [0.25, 0.3) is 11.7 Å². The maximum absolute atomic E-state index is 12.7. The number of fused-ring (bicyclic) bond motifs is 1. The van der Waals surface area contributed by atoms with Crippen molar-refractivity contribution in [2.75, 3.05) is 26.2 Å². The van der Waals surface area contributed by atoms with E-state index in [4.69, 9.17) is 19.2 Å². The van der Waals surface area contributed by atoms with Gasteiger partial charge in [0, 0.05) is 42.2 Å². The van der Waals surface area contributed by atoms with Crippen molar-refractivity contribution in [2.45, 2.75) is 83.4 Å². The van der Waals surface area contributed by atoms with Gasteiger partial charge in [0.2, 0.25) is 17.7 Å². The number of hydrogen-bond acceptors (Lipinski definition) is 11. The van der Waals surface area contributed by atoms with Crippen LogP contribution in [0, 0.1) is 6.92 Å². The number of carboxylic acid groups (broad SMARTS) is 1. The number of carbonyl (C=O) groups is 4. The summed E-state index contributed by atoms with van der Waals surface area (Å²) in [6.07, 6.45) is 1.61. The van der Waals surface area contributed by atoms with Crippen molar-refractivity contribution in [1.29, 1.82) is 0 Å². The van der Waals surface area contributed by atoms with E-state index in [1.807, 2.05) is 62.7 Å². The minimum absolute atomic E-state index is 0.0209. The van der Waals surface area contributed by atoms with Crippen molar-refractivity contribution in [2.24, 2.45) is 0 Å². The summed E-state index contributed by atoms with van der Waals surface area (Å²) in [7, 11) is 0. The molecule has 3 aromatic heterocycles. The van der Waals surface area contributed by atoms with Gasteiger partial charge in [-0.05, 0) is 97.3 Å². The van der Waals surface area contributed by atoms with Gasteiger partial charge in [-0.1, -0.05) is 74.5 Å². The number of rotatable bonds is 11. The van der Waals surface area contributed by atoms with Gasteiger partial charge >= 0.3 is 12.1 Å². The summed E-state index contributed by atoms with van der Waals surface area (Å²) < 4.78 is 45.0. The number of aromatic nitrogens is 5. The van der Waals surface area contributed by atoms with Crippen LogP contribution in [0.1, 0.15) is 97.1 Å². The van der Waals surface area contributed by atoms with E-state index in [-0.39, 0.29) is 34.9 Å². The van der Waals surface area contributed by atoms with Gasteiger partial charge in [-0.15, -0.1) is 0 Å². The average Bonchev–Trinajstić information content (AvgIpc) is 3.96. The van der Waals surface area contributed by atoms with Gasteiger partial charge in [-0.25, -0.2) is 14.3 Å². The molecule has 0 spiro atoms. The third-order valence-electron chi connectivity index (χ3n) is 11.5. The van der Waals surface area contributed by atoms with Crippen LogP contribution in [-0.4, -0.2) is 90.9 Å². The quantitative estimate of drug-likeness (QED) is 0.109. The highest BCUT2D eigenvalue weighted by atomic mass is 19.4. The lowest BCUT2D eigenvalue weighted by Crippen LogP contribution is -2.39. The van der Waals surface area contributed by atoms with Crippen LogP contribution in [0.2, 0.25) is 0 Å². The first-order valence-corrected chi connectivity index (χ1v) is 21.2. The zero-order chi connectivity index (χ0) is 46.5. The molecule has 0 radical (unpaired) electrons. The van der Waals surface area contributed by atoms with Gasteiger partial charge < -0.3 is 19.7 Å². The summed E-state index contributed by atoms with van der Waals surface area (Å²) in [5.41, 5.74) is 8.66. The fraction of sp³-hybridized carbons (Fsp3) is 0.362. The molecule has 18 heteroatoms. The zero-order valence-corrected chi connectivity index (χ0v) is 36.3. The number of aryl methyl sites for hydroxylation is 1. The van der Waals surface area contributed by atoms with E-state index in [0.29, 0.717) is 37.8 Å². The van der Waals surface area contributed by atoms with Gasteiger partial charge in [0.1, 0.15) is 18.7 Å². The molecule has 2 fully saturated rings. The number of ether oxygens (including phenoxy) is 1. The number of benzene rings is 3. The summed E-state index contributed by atoms with van der Waals surface area (Å²) in [6, 6.07) is 24.8. The summed E-state index contributed by atoms with van der Waals surface area (Å²) in [5, 5.41) is 20.8. The third kappa shape index (κ3) is 11.4. The van der Waals surface area contributed by atoms with Gasteiger partial charge in [-0.3, -0.25) is 24.6 Å². The van der Waals surface area contributed by atoms with Crippen molar-refractivity contribution in [3.05, 3.63) is 119 Å². The Labute approximate surface area is 372 Å². The summed E-state index contributed by atoms with van der Waals surface area (Å²) in [5.74, 6) is -1.99. The highest BCUT2D eigenvalue weighted by Gasteiger charge is 2.38.